The van der Waals surface area contributed by atoms with Gasteiger partial charge in [0.25, 0.3) is 11.5 Å². The van der Waals surface area contributed by atoms with E-state index in [1.54, 1.807) is 6.07 Å². The van der Waals surface area contributed by atoms with Crippen molar-refractivity contribution in [1.82, 2.24) is 19.7 Å². The zero-order valence-electron chi connectivity index (χ0n) is 21.3. The molecule has 0 bridgehead atoms. The number of ether oxygens (including phenoxy) is 2. The molecule has 12 heteroatoms. The molecule has 1 amide bonds. The maximum absolute atomic E-state index is 14.9. The fourth-order valence-electron chi connectivity index (χ4n) is 4.36. The minimum absolute atomic E-state index is 0.115. The molecule has 208 valence electrons. The standard InChI is InChI=1S/C28H24F4N4O4/c1-39-24-6-5-22(30)20(26(24)32)9-33-28(38)21-13-36(34-27(21)18-14-40-15-18)10-16-2-3-17(23(31)8-16)11-35-12-19(29)4-7-25(35)37/h2-8,12-13,18H,9-11,14-15H2,1H3,(H,33,38). The quantitative estimate of drug-likeness (QED) is 0.318. The predicted octanol–water partition coefficient (Wildman–Crippen LogP) is 3.75. The molecule has 1 fully saturated rings. The van der Waals surface area contributed by atoms with Crippen molar-refractivity contribution in [2.24, 2.45) is 0 Å². The number of pyridine rings is 1. The van der Waals surface area contributed by atoms with Crippen molar-refractivity contribution in [2.75, 3.05) is 20.3 Å². The van der Waals surface area contributed by atoms with E-state index in [9.17, 15) is 27.2 Å². The largest absolute Gasteiger partial charge is 0.494 e. The molecule has 1 aliphatic heterocycles. The molecule has 0 spiro atoms. The molecule has 4 aromatic rings. The van der Waals surface area contributed by atoms with Crippen LogP contribution < -0.4 is 15.6 Å². The Kier molecular flexibility index (Phi) is 7.69. The molecule has 2 aromatic heterocycles. The van der Waals surface area contributed by atoms with Gasteiger partial charge in [0.2, 0.25) is 0 Å². The van der Waals surface area contributed by atoms with Crippen LogP contribution in [0.2, 0.25) is 0 Å². The number of rotatable bonds is 9. The van der Waals surface area contributed by atoms with Crippen molar-refractivity contribution in [3.63, 3.8) is 0 Å². The average molecular weight is 557 g/mol. The molecule has 0 atom stereocenters. The minimum atomic E-state index is -0.904. The summed E-state index contributed by atoms with van der Waals surface area (Å²) in [7, 11) is 1.26. The highest BCUT2D eigenvalue weighted by atomic mass is 19.1. The predicted molar refractivity (Wildman–Crippen MR) is 135 cm³/mol. The maximum atomic E-state index is 14.9. The van der Waals surface area contributed by atoms with Crippen LogP contribution in [0.25, 0.3) is 0 Å². The lowest BCUT2D eigenvalue weighted by Gasteiger charge is -2.25. The summed E-state index contributed by atoms with van der Waals surface area (Å²) >= 11 is 0. The van der Waals surface area contributed by atoms with E-state index in [0.717, 1.165) is 35.0 Å². The third-order valence-electron chi connectivity index (χ3n) is 6.61. The Morgan fingerprint density at radius 1 is 1.05 bits per heavy atom. The van der Waals surface area contributed by atoms with Crippen molar-refractivity contribution >= 4 is 5.91 Å². The van der Waals surface area contributed by atoms with Crippen LogP contribution in [0.15, 0.2) is 59.7 Å². The summed E-state index contributed by atoms with van der Waals surface area (Å²) in [5.41, 5.74) is 0.583. The normalized spacial score (nSPS) is 13.2. The van der Waals surface area contributed by atoms with Crippen molar-refractivity contribution in [3.05, 3.63) is 116 Å². The highest BCUT2D eigenvalue weighted by Gasteiger charge is 2.29. The van der Waals surface area contributed by atoms with Crippen LogP contribution in [0.4, 0.5) is 17.6 Å². The fourth-order valence-corrected chi connectivity index (χ4v) is 4.36. The van der Waals surface area contributed by atoms with Crippen LogP contribution in [0.1, 0.15) is 38.7 Å². The van der Waals surface area contributed by atoms with E-state index in [2.05, 4.69) is 10.4 Å². The average Bonchev–Trinajstić information content (AvgIpc) is 3.29. The number of methoxy groups -OCH3 is 1. The summed E-state index contributed by atoms with van der Waals surface area (Å²) in [6.07, 6.45) is 2.49. The Morgan fingerprint density at radius 2 is 1.85 bits per heavy atom. The Hall–Kier alpha value is -4.45. The summed E-state index contributed by atoms with van der Waals surface area (Å²) in [4.78, 5) is 25.0. The number of nitrogens with one attached hydrogen (secondary N) is 1. The van der Waals surface area contributed by atoms with Gasteiger partial charge in [-0.2, -0.15) is 5.10 Å². The lowest BCUT2D eigenvalue weighted by Crippen LogP contribution is -2.30. The topological polar surface area (TPSA) is 87.4 Å². The first-order valence-electron chi connectivity index (χ1n) is 12.3. The van der Waals surface area contributed by atoms with E-state index >= 15 is 0 Å². The van der Waals surface area contributed by atoms with Crippen molar-refractivity contribution in [3.8, 4) is 5.75 Å². The Bertz CT molecular complexity index is 1630. The highest BCUT2D eigenvalue weighted by molar-refractivity contribution is 5.95. The van der Waals surface area contributed by atoms with E-state index in [0.29, 0.717) is 24.5 Å². The van der Waals surface area contributed by atoms with Gasteiger partial charge in [-0.15, -0.1) is 0 Å². The number of hydrogen-bond acceptors (Lipinski definition) is 5. The van der Waals surface area contributed by atoms with E-state index in [1.165, 1.54) is 30.1 Å². The molecule has 0 unspecified atom stereocenters. The van der Waals surface area contributed by atoms with Crippen LogP contribution in [-0.2, 0) is 24.4 Å². The zero-order chi connectivity index (χ0) is 28.4. The molecular weight excluding hydrogens is 532 g/mol. The van der Waals surface area contributed by atoms with Crippen molar-refractivity contribution < 1.29 is 31.8 Å². The SMILES string of the molecule is COc1ccc(F)c(CNC(=O)c2cn(Cc3ccc(Cn4cc(F)ccc4=O)c(F)c3)nc2C2COC2)c1F. The molecule has 40 heavy (non-hydrogen) atoms. The van der Waals surface area contributed by atoms with Crippen LogP contribution in [-0.4, -0.2) is 40.6 Å². The second-order valence-electron chi connectivity index (χ2n) is 9.32. The number of aromatic nitrogens is 3. The maximum Gasteiger partial charge on any atom is 0.255 e. The van der Waals surface area contributed by atoms with Gasteiger partial charge in [0, 0.05) is 36.1 Å². The molecule has 0 aliphatic carbocycles. The monoisotopic (exact) mass is 556 g/mol. The Balaban J connectivity index is 1.33. The lowest BCUT2D eigenvalue weighted by atomic mass is 10.00. The minimum Gasteiger partial charge on any atom is -0.494 e. The molecular formula is C28H24F4N4O4. The van der Waals surface area contributed by atoms with Crippen molar-refractivity contribution in [1.29, 1.82) is 0 Å². The van der Waals surface area contributed by atoms with Gasteiger partial charge < -0.3 is 19.4 Å². The van der Waals surface area contributed by atoms with E-state index in [4.69, 9.17) is 9.47 Å². The van der Waals surface area contributed by atoms with Crippen LogP contribution in [0.3, 0.4) is 0 Å². The number of carbonyl (C=O) groups excluding carboxylic acids is 1. The third kappa shape index (κ3) is 5.62. The number of halogens is 4. The Morgan fingerprint density at radius 3 is 2.55 bits per heavy atom. The molecule has 0 radical (unpaired) electrons. The Labute approximate surface area is 225 Å². The number of hydrogen-bond donors (Lipinski definition) is 1. The van der Waals surface area contributed by atoms with E-state index in [-0.39, 0.29) is 41.4 Å². The van der Waals surface area contributed by atoms with Crippen molar-refractivity contribution in [2.45, 2.75) is 25.6 Å². The van der Waals surface area contributed by atoms with Crippen LogP contribution in [0.5, 0.6) is 5.75 Å². The molecule has 0 saturated carbocycles. The summed E-state index contributed by atoms with van der Waals surface area (Å²) in [5, 5.41) is 7.04. The first kappa shape index (κ1) is 27.1. The van der Waals surface area contributed by atoms with Gasteiger partial charge in [-0.3, -0.25) is 14.3 Å². The van der Waals surface area contributed by atoms with Gasteiger partial charge in [-0.25, -0.2) is 17.6 Å². The van der Waals surface area contributed by atoms with Crippen LogP contribution in [0, 0.1) is 23.3 Å². The fraction of sp³-hybridized carbons (Fsp3) is 0.250. The number of amides is 1. The zero-order valence-corrected chi connectivity index (χ0v) is 21.3. The number of benzene rings is 2. The molecule has 3 heterocycles. The van der Waals surface area contributed by atoms with Gasteiger partial charge in [0.15, 0.2) is 11.6 Å². The molecule has 5 rings (SSSR count). The third-order valence-corrected chi connectivity index (χ3v) is 6.61. The lowest BCUT2D eigenvalue weighted by molar-refractivity contribution is 0.00620. The second kappa shape index (κ2) is 11.3. The van der Waals surface area contributed by atoms with Gasteiger partial charge in [0.05, 0.1) is 50.6 Å². The highest BCUT2D eigenvalue weighted by Crippen LogP contribution is 2.27. The smallest absolute Gasteiger partial charge is 0.255 e. The van der Waals surface area contributed by atoms with E-state index in [1.807, 2.05) is 0 Å². The molecule has 1 aliphatic rings. The molecule has 1 N–H and O–H groups in total. The van der Waals surface area contributed by atoms with Gasteiger partial charge in [0.1, 0.15) is 17.5 Å². The number of carbonyl (C=O) groups is 1. The summed E-state index contributed by atoms with van der Waals surface area (Å²) < 4.78 is 69.8. The molecule has 8 nitrogen and oxygen atoms in total. The first-order valence-corrected chi connectivity index (χ1v) is 12.3. The van der Waals surface area contributed by atoms with Crippen LogP contribution >= 0.6 is 0 Å². The first-order chi connectivity index (χ1) is 19.2. The summed E-state index contributed by atoms with van der Waals surface area (Å²) in [6, 6.07) is 8.74. The molecule has 2 aromatic carbocycles. The van der Waals surface area contributed by atoms with Gasteiger partial charge >= 0.3 is 0 Å². The second-order valence-corrected chi connectivity index (χ2v) is 9.32. The number of nitrogens with zero attached hydrogens (tertiary/aromatic N) is 3. The van der Waals surface area contributed by atoms with Gasteiger partial charge in [-0.05, 0) is 29.8 Å². The summed E-state index contributed by atoms with van der Waals surface area (Å²) in [6.45, 7) is 0.276. The molecule has 1 saturated heterocycles. The van der Waals surface area contributed by atoms with E-state index < -0.39 is 41.3 Å². The summed E-state index contributed by atoms with van der Waals surface area (Å²) in [5.74, 6) is -3.80. The van der Waals surface area contributed by atoms with Gasteiger partial charge in [-0.1, -0.05) is 12.1 Å².